The average Bonchev–Trinajstić information content (AvgIpc) is 3.31. The Morgan fingerprint density at radius 3 is 1.56 bits per heavy atom. The first-order valence-corrected chi connectivity index (χ1v) is 23.5. The summed E-state index contributed by atoms with van der Waals surface area (Å²) in [6, 6.07) is -3.16. The summed E-state index contributed by atoms with van der Waals surface area (Å²) in [4.78, 5) is 152. The van der Waals surface area contributed by atoms with Gasteiger partial charge in [0.15, 0.2) is 0 Å². The smallest absolute Gasteiger partial charge is 0.326 e. The number of benzene rings is 1. The monoisotopic (exact) mass is 1010 g/mol. The molecule has 14 N–H and O–H groups in total. The van der Waals surface area contributed by atoms with Crippen molar-refractivity contribution in [1.82, 2.24) is 53.2 Å². The van der Waals surface area contributed by atoms with Gasteiger partial charge in [-0.15, -0.1) is 0 Å². The van der Waals surface area contributed by atoms with Gasteiger partial charge in [-0.3, -0.25) is 52.7 Å². The molecule has 10 amide bonds. The van der Waals surface area contributed by atoms with E-state index in [-0.39, 0.29) is 18.6 Å². The SMILES string of the molecule is CC[C@H](C)[C@H](NC(=O)[C@H](CO)NC(=O)CNC(C)=O)C(=O)NCC(=O)N[C@@H](C)C(=O)N[C@@H](C)C(=O)N[C@@H](CO)C(=O)N[C@@H](CCSC)C(=O)N[C@@H](CCC(=O)O)C(=O)N[C@@H](Cc1ccccc1)C(=O)O. The summed E-state index contributed by atoms with van der Waals surface area (Å²) in [6.07, 6.45) is 0.849. The number of aliphatic hydroxyl groups excluding tert-OH is 2. The molecule has 0 aliphatic heterocycles. The van der Waals surface area contributed by atoms with Crippen molar-refractivity contribution >= 4 is 82.8 Å². The third-order valence-corrected chi connectivity index (χ3v) is 11.0. The largest absolute Gasteiger partial charge is 0.481 e. The van der Waals surface area contributed by atoms with Gasteiger partial charge in [0.25, 0.3) is 0 Å². The fraction of sp³-hybridized carbons (Fsp3) is 0.581. The zero-order chi connectivity index (χ0) is 53.1. The summed E-state index contributed by atoms with van der Waals surface area (Å²) in [5.74, 6) is -11.7. The Kier molecular flexibility index (Phi) is 28.0. The van der Waals surface area contributed by atoms with Crippen molar-refractivity contribution in [3.8, 4) is 0 Å². The Hall–Kier alpha value is -6.87. The number of carbonyl (C=O) groups excluding carboxylic acids is 10. The topological polar surface area (TPSA) is 406 Å². The maximum Gasteiger partial charge on any atom is 0.326 e. The van der Waals surface area contributed by atoms with E-state index >= 15 is 0 Å². The minimum Gasteiger partial charge on any atom is -0.481 e. The molecular weight excluding hydrogens is 945 g/mol. The fourth-order valence-electron chi connectivity index (χ4n) is 6.04. The second-order valence-corrected chi connectivity index (χ2v) is 17.0. The molecule has 0 heterocycles. The average molecular weight is 1010 g/mol. The van der Waals surface area contributed by atoms with Gasteiger partial charge in [0, 0.05) is 19.8 Å². The van der Waals surface area contributed by atoms with Crippen molar-refractivity contribution in [2.75, 3.05) is 38.3 Å². The minimum atomic E-state index is -1.69. The number of nitrogens with one attached hydrogen (secondary N) is 10. The van der Waals surface area contributed by atoms with Crippen molar-refractivity contribution in [3.63, 3.8) is 0 Å². The second kappa shape index (κ2) is 32.0. The van der Waals surface area contributed by atoms with Gasteiger partial charge in [-0.05, 0) is 50.2 Å². The lowest BCUT2D eigenvalue weighted by Crippen LogP contribution is -2.60. The number of thioether (sulfide) groups is 1. The number of hydrogen-bond acceptors (Lipinski definition) is 15. The van der Waals surface area contributed by atoms with E-state index in [1.165, 1.54) is 32.5 Å². The molecule has 0 unspecified atom stereocenters. The zero-order valence-corrected chi connectivity index (χ0v) is 40.6. The van der Waals surface area contributed by atoms with Crippen LogP contribution in [0.5, 0.6) is 0 Å². The number of carboxylic acids is 2. The molecule has 27 heteroatoms. The Bertz CT molecular complexity index is 2000. The van der Waals surface area contributed by atoms with Crippen LogP contribution in [0.3, 0.4) is 0 Å². The first kappa shape index (κ1) is 61.1. The fourth-order valence-corrected chi connectivity index (χ4v) is 6.51. The number of aliphatic carboxylic acids is 2. The van der Waals surface area contributed by atoms with Gasteiger partial charge in [0.05, 0.1) is 26.3 Å². The van der Waals surface area contributed by atoms with Crippen molar-refractivity contribution in [3.05, 3.63) is 35.9 Å². The van der Waals surface area contributed by atoms with Crippen molar-refractivity contribution in [1.29, 1.82) is 0 Å². The molecule has 1 aromatic rings. The predicted octanol–water partition coefficient (Wildman–Crippen LogP) is -4.87. The van der Waals surface area contributed by atoms with Crippen LogP contribution in [0.15, 0.2) is 30.3 Å². The van der Waals surface area contributed by atoms with E-state index in [1.54, 1.807) is 50.4 Å². The third kappa shape index (κ3) is 23.0. The molecule has 26 nitrogen and oxygen atoms in total. The first-order chi connectivity index (χ1) is 33.0. The number of hydrogen-bond donors (Lipinski definition) is 14. The first-order valence-electron chi connectivity index (χ1n) is 22.1. The quantitative estimate of drug-likeness (QED) is 0.0322. The molecular formula is C43H66N10O16S. The Labute approximate surface area is 408 Å². The predicted molar refractivity (Wildman–Crippen MR) is 250 cm³/mol. The number of carbonyl (C=O) groups is 12. The van der Waals surface area contributed by atoms with E-state index in [1.807, 2.05) is 0 Å². The second-order valence-electron chi connectivity index (χ2n) is 16.0. The zero-order valence-electron chi connectivity index (χ0n) is 39.8. The van der Waals surface area contributed by atoms with Gasteiger partial charge >= 0.3 is 11.9 Å². The highest BCUT2D eigenvalue weighted by atomic mass is 32.2. The minimum absolute atomic E-state index is 0.0480. The van der Waals surface area contributed by atoms with Gasteiger partial charge < -0.3 is 73.6 Å². The summed E-state index contributed by atoms with van der Waals surface area (Å²) in [7, 11) is 0. The highest BCUT2D eigenvalue weighted by Gasteiger charge is 2.33. The number of amides is 10. The summed E-state index contributed by atoms with van der Waals surface area (Å²) < 4.78 is 0. The molecule has 70 heavy (non-hydrogen) atoms. The molecule has 0 aliphatic rings. The van der Waals surface area contributed by atoms with Crippen LogP contribution in [0.1, 0.15) is 65.9 Å². The maximum absolute atomic E-state index is 13.6. The van der Waals surface area contributed by atoms with Crippen LogP contribution in [-0.4, -0.2) is 178 Å². The van der Waals surface area contributed by atoms with Gasteiger partial charge in [0.2, 0.25) is 59.1 Å². The Balaban J connectivity index is 2.92. The van der Waals surface area contributed by atoms with E-state index in [9.17, 15) is 78.0 Å². The Morgan fingerprint density at radius 2 is 1.03 bits per heavy atom. The molecule has 0 fully saturated rings. The van der Waals surface area contributed by atoms with Crippen LogP contribution >= 0.6 is 11.8 Å². The highest BCUT2D eigenvalue weighted by molar-refractivity contribution is 7.98. The van der Waals surface area contributed by atoms with Crippen LogP contribution in [0.25, 0.3) is 0 Å². The molecule has 0 spiro atoms. The summed E-state index contributed by atoms with van der Waals surface area (Å²) >= 11 is 1.28. The maximum atomic E-state index is 13.6. The number of aliphatic hydroxyl groups is 2. The summed E-state index contributed by atoms with van der Waals surface area (Å²) in [5.41, 5.74) is 0.574. The summed E-state index contributed by atoms with van der Waals surface area (Å²) in [6.45, 7) is 4.02. The highest BCUT2D eigenvalue weighted by Crippen LogP contribution is 2.10. The molecule has 0 aliphatic carbocycles. The van der Waals surface area contributed by atoms with Crippen LogP contribution in [0, 0.1) is 5.92 Å². The van der Waals surface area contributed by atoms with Crippen LogP contribution in [0.4, 0.5) is 0 Å². The molecule has 0 radical (unpaired) electrons. The van der Waals surface area contributed by atoms with Crippen molar-refractivity contribution < 1.29 is 78.0 Å². The van der Waals surface area contributed by atoms with E-state index in [0.29, 0.717) is 12.0 Å². The van der Waals surface area contributed by atoms with Crippen LogP contribution in [0.2, 0.25) is 0 Å². The van der Waals surface area contributed by atoms with Gasteiger partial charge in [-0.1, -0.05) is 50.6 Å². The van der Waals surface area contributed by atoms with Crippen molar-refractivity contribution in [2.24, 2.45) is 5.92 Å². The van der Waals surface area contributed by atoms with Crippen molar-refractivity contribution in [2.45, 2.75) is 115 Å². The molecule has 390 valence electrons. The normalized spacial score (nSPS) is 14.6. The van der Waals surface area contributed by atoms with Gasteiger partial charge in [0.1, 0.15) is 48.3 Å². The van der Waals surface area contributed by atoms with Crippen LogP contribution < -0.4 is 53.2 Å². The lowest BCUT2D eigenvalue weighted by Gasteiger charge is -2.26. The Morgan fingerprint density at radius 1 is 0.557 bits per heavy atom. The molecule has 1 rings (SSSR count). The lowest BCUT2D eigenvalue weighted by atomic mass is 9.98. The molecule has 1 aromatic carbocycles. The van der Waals surface area contributed by atoms with E-state index < -0.39 is 164 Å². The van der Waals surface area contributed by atoms with Crippen LogP contribution in [-0.2, 0) is 64.0 Å². The van der Waals surface area contributed by atoms with Gasteiger partial charge in [-0.2, -0.15) is 11.8 Å². The standard InChI is InChI=1S/C43H66N10O16S/c1-7-22(2)35(53-41(66)30(20-54)48-33(58)18-44-25(5)56)42(67)45-19-32(57)46-23(3)36(61)47-24(4)37(62)52-31(21-55)40(65)50-28(15-16-70-6)39(64)49-27(13-14-34(59)60)38(63)51-29(43(68)69)17-26-11-9-8-10-12-26/h8-12,22-24,27-31,35,54-55H,7,13-21H2,1-6H3,(H,44,56)(H,45,67)(H,46,57)(H,47,61)(H,48,58)(H,49,64)(H,50,65)(H,51,63)(H,52,62)(H,53,66)(H,59,60)(H,68,69)/t22-,23-,24-,27-,28-,29-,30-,31-,35-/m0/s1. The van der Waals surface area contributed by atoms with E-state index in [2.05, 4.69) is 53.2 Å². The number of carboxylic acid groups (broad SMARTS) is 2. The van der Waals surface area contributed by atoms with E-state index in [4.69, 9.17) is 0 Å². The van der Waals surface area contributed by atoms with Gasteiger partial charge in [-0.25, -0.2) is 4.79 Å². The molecule has 0 saturated heterocycles. The molecule has 9 atom stereocenters. The third-order valence-electron chi connectivity index (χ3n) is 10.3. The lowest BCUT2D eigenvalue weighted by molar-refractivity contribution is -0.143. The molecule has 0 aromatic heterocycles. The van der Waals surface area contributed by atoms with E-state index in [0.717, 1.165) is 0 Å². The number of rotatable bonds is 32. The molecule has 0 bridgehead atoms. The molecule has 0 saturated carbocycles. The summed E-state index contributed by atoms with van der Waals surface area (Å²) in [5, 5.41) is 62.0.